The number of hydrogen-bond donors (Lipinski definition) is 2. The molecule has 2 aromatic carbocycles. The highest BCUT2D eigenvalue weighted by molar-refractivity contribution is 6.07. The van der Waals surface area contributed by atoms with Gasteiger partial charge in [-0.05, 0) is 43.2 Å². The number of aromatic amines is 1. The molecule has 0 atom stereocenters. The summed E-state index contributed by atoms with van der Waals surface area (Å²) in [5.41, 5.74) is 2.07. The van der Waals surface area contributed by atoms with E-state index in [2.05, 4.69) is 16.4 Å². The molecule has 150 valence electrons. The van der Waals surface area contributed by atoms with Gasteiger partial charge in [0.15, 0.2) is 18.1 Å². The second-order valence-corrected chi connectivity index (χ2v) is 6.78. The first-order valence-electron chi connectivity index (χ1n) is 9.72. The molecule has 1 amide bonds. The van der Waals surface area contributed by atoms with Gasteiger partial charge >= 0.3 is 0 Å². The maximum atomic E-state index is 12.0. The van der Waals surface area contributed by atoms with Crippen molar-refractivity contribution in [1.29, 1.82) is 0 Å². The number of ether oxygens (including phenoxy) is 3. The number of carbonyl (C=O) groups is 1. The summed E-state index contributed by atoms with van der Waals surface area (Å²) in [6.45, 7) is 0.731. The fourth-order valence-corrected chi connectivity index (χ4v) is 3.42. The third-order valence-electron chi connectivity index (χ3n) is 4.82. The zero-order chi connectivity index (χ0) is 20.1. The molecule has 0 unspecified atom stereocenters. The Morgan fingerprint density at radius 1 is 1.00 bits per heavy atom. The third kappa shape index (κ3) is 4.37. The van der Waals surface area contributed by atoms with Crippen LogP contribution in [-0.4, -0.2) is 37.8 Å². The molecule has 1 aliphatic rings. The van der Waals surface area contributed by atoms with Crippen molar-refractivity contribution in [3.63, 3.8) is 0 Å². The van der Waals surface area contributed by atoms with Crippen LogP contribution >= 0.6 is 0 Å². The molecular formula is C23H24N2O4. The van der Waals surface area contributed by atoms with E-state index in [-0.39, 0.29) is 12.5 Å². The molecule has 0 fully saturated rings. The lowest BCUT2D eigenvalue weighted by atomic mass is 10.1. The highest BCUT2D eigenvalue weighted by atomic mass is 16.5. The minimum absolute atomic E-state index is 0.0440. The summed E-state index contributed by atoms with van der Waals surface area (Å²) < 4.78 is 16.6. The van der Waals surface area contributed by atoms with E-state index in [0.717, 1.165) is 40.8 Å². The van der Waals surface area contributed by atoms with E-state index in [0.29, 0.717) is 18.9 Å². The number of fused-ring (bicyclic) bond motifs is 3. The maximum Gasteiger partial charge on any atom is 0.258 e. The number of aromatic nitrogens is 1. The Kier molecular flexibility index (Phi) is 5.70. The van der Waals surface area contributed by atoms with E-state index in [1.165, 1.54) is 5.39 Å². The predicted octanol–water partition coefficient (Wildman–Crippen LogP) is 4.04. The van der Waals surface area contributed by atoms with Gasteiger partial charge in [0.2, 0.25) is 0 Å². The lowest BCUT2D eigenvalue weighted by Gasteiger charge is -2.16. The van der Waals surface area contributed by atoms with E-state index >= 15 is 0 Å². The topological polar surface area (TPSA) is 72.6 Å². The summed E-state index contributed by atoms with van der Waals surface area (Å²) in [4.78, 5) is 15.4. The number of para-hydroxylation sites is 1. The molecule has 2 N–H and O–H groups in total. The summed E-state index contributed by atoms with van der Waals surface area (Å²) in [5, 5.41) is 5.11. The fourth-order valence-electron chi connectivity index (χ4n) is 3.42. The van der Waals surface area contributed by atoms with E-state index in [4.69, 9.17) is 14.2 Å². The minimum Gasteiger partial charge on any atom is -0.493 e. The SMILES string of the molecule is COC1=CCCC=C1OCCNC(=O)COc1ccc2c(c1)[nH]c1ccccc12. The van der Waals surface area contributed by atoms with E-state index < -0.39 is 0 Å². The van der Waals surface area contributed by atoms with Crippen LogP contribution in [0.15, 0.2) is 66.1 Å². The normalized spacial score (nSPS) is 13.7. The van der Waals surface area contributed by atoms with Gasteiger partial charge in [0.05, 0.1) is 19.2 Å². The molecule has 0 bridgehead atoms. The fraction of sp³-hybridized carbons (Fsp3) is 0.261. The minimum atomic E-state index is -0.189. The van der Waals surface area contributed by atoms with Crippen LogP contribution in [0.2, 0.25) is 0 Å². The Bertz CT molecular complexity index is 1080. The summed E-state index contributed by atoms with van der Waals surface area (Å²) in [7, 11) is 1.63. The zero-order valence-corrected chi connectivity index (χ0v) is 16.4. The summed E-state index contributed by atoms with van der Waals surface area (Å²) in [6.07, 6.45) is 5.90. The molecule has 0 saturated carbocycles. The van der Waals surface area contributed by atoms with Crippen molar-refractivity contribution < 1.29 is 19.0 Å². The van der Waals surface area contributed by atoms with Crippen LogP contribution in [0.25, 0.3) is 21.8 Å². The van der Waals surface area contributed by atoms with Gasteiger partial charge in [-0.3, -0.25) is 4.79 Å². The average Bonchev–Trinajstić information content (AvgIpc) is 3.13. The number of H-pyrrole nitrogens is 1. The van der Waals surface area contributed by atoms with Crippen LogP contribution in [0, 0.1) is 0 Å². The molecule has 1 aliphatic carbocycles. The second kappa shape index (κ2) is 8.73. The molecular weight excluding hydrogens is 368 g/mol. The Labute approximate surface area is 169 Å². The van der Waals surface area contributed by atoms with Crippen LogP contribution in [0.3, 0.4) is 0 Å². The molecule has 0 aliphatic heterocycles. The highest BCUT2D eigenvalue weighted by Crippen LogP contribution is 2.28. The highest BCUT2D eigenvalue weighted by Gasteiger charge is 2.11. The number of rotatable bonds is 8. The van der Waals surface area contributed by atoms with Crippen molar-refractivity contribution >= 4 is 27.7 Å². The molecule has 6 nitrogen and oxygen atoms in total. The van der Waals surface area contributed by atoms with Gasteiger partial charge in [0.1, 0.15) is 12.4 Å². The Morgan fingerprint density at radius 3 is 2.66 bits per heavy atom. The molecule has 0 saturated heterocycles. The number of nitrogens with one attached hydrogen (secondary N) is 2. The van der Waals surface area contributed by atoms with Gasteiger partial charge in [-0.2, -0.15) is 0 Å². The van der Waals surface area contributed by atoms with Crippen molar-refractivity contribution in [2.45, 2.75) is 12.8 Å². The number of hydrogen-bond acceptors (Lipinski definition) is 4. The van der Waals surface area contributed by atoms with Crippen LogP contribution in [-0.2, 0) is 14.3 Å². The van der Waals surface area contributed by atoms with Gasteiger partial charge < -0.3 is 24.5 Å². The Balaban J connectivity index is 1.25. The largest absolute Gasteiger partial charge is 0.493 e. The molecule has 1 aromatic heterocycles. The van der Waals surface area contributed by atoms with Gasteiger partial charge in [0.25, 0.3) is 5.91 Å². The molecule has 3 aromatic rings. The monoisotopic (exact) mass is 392 g/mol. The molecule has 6 heteroatoms. The van der Waals surface area contributed by atoms with Crippen LogP contribution in [0.5, 0.6) is 5.75 Å². The van der Waals surface area contributed by atoms with Gasteiger partial charge in [0, 0.05) is 22.4 Å². The smallest absolute Gasteiger partial charge is 0.258 e. The average molecular weight is 392 g/mol. The maximum absolute atomic E-state index is 12.0. The quantitative estimate of drug-likeness (QED) is 0.568. The molecule has 29 heavy (non-hydrogen) atoms. The number of allylic oxidation sites excluding steroid dienone is 2. The molecule has 1 heterocycles. The van der Waals surface area contributed by atoms with E-state index in [1.54, 1.807) is 7.11 Å². The Hall–Kier alpha value is -3.41. The zero-order valence-electron chi connectivity index (χ0n) is 16.4. The first kappa shape index (κ1) is 18.9. The van der Waals surface area contributed by atoms with Gasteiger partial charge in [-0.25, -0.2) is 0 Å². The number of amides is 1. The Morgan fingerprint density at radius 2 is 1.79 bits per heavy atom. The van der Waals surface area contributed by atoms with Crippen LogP contribution < -0.4 is 10.1 Å². The summed E-state index contributed by atoms with van der Waals surface area (Å²) >= 11 is 0. The molecule has 4 rings (SSSR count). The van der Waals surface area contributed by atoms with E-state index in [9.17, 15) is 4.79 Å². The first-order chi connectivity index (χ1) is 14.2. The van der Waals surface area contributed by atoms with E-state index in [1.807, 2.05) is 48.6 Å². The number of methoxy groups -OCH3 is 1. The molecule has 0 radical (unpaired) electrons. The lowest BCUT2D eigenvalue weighted by molar-refractivity contribution is -0.123. The number of benzene rings is 2. The van der Waals surface area contributed by atoms with Gasteiger partial charge in [-0.1, -0.05) is 18.2 Å². The summed E-state index contributed by atoms with van der Waals surface area (Å²) in [6, 6.07) is 14.0. The van der Waals surface area contributed by atoms with Crippen molar-refractivity contribution in [3.8, 4) is 5.75 Å². The van der Waals surface area contributed by atoms with Crippen molar-refractivity contribution in [2.24, 2.45) is 0 Å². The number of carbonyl (C=O) groups excluding carboxylic acids is 1. The van der Waals surface area contributed by atoms with Crippen LogP contribution in [0.4, 0.5) is 0 Å². The summed E-state index contributed by atoms with van der Waals surface area (Å²) in [5.74, 6) is 1.94. The van der Waals surface area contributed by atoms with Crippen molar-refractivity contribution in [1.82, 2.24) is 10.3 Å². The molecule has 0 spiro atoms. The lowest BCUT2D eigenvalue weighted by Crippen LogP contribution is -2.31. The van der Waals surface area contributed by atoms with Crippen molar-refractivity contribution in [2.75, 3.05) is 26.9 Å². The predicted molar refractivity (Wildman–Crippen MR) is 113 cm³/mol. The standard InChI is InChI=1S/C23H24N2O4/c1-27-21-8-4-5-9-22(21)28-13-12-24-23(26)15-29-16-10-11-18-17-6-2-3-7-19(17)25-20(18)14-16/h2-3,6-11,14,25H,4-5,12-13,15H2,1H3,(H,24,26). The van der Waals surface area contributed by atoms with Crippen molar-refractivity contribution in [3.05, 3.63) is 66.1 Å². The van der Waals surface area contributed by atoms with Gasteiger partial charge in [-0.15, -0.1) is 0 Å². The second-order valence-electron chi connectivity index (χ2n) is 6.78. The third-order valence-corrected chi connectivity index (χ3v) is 4.82. The first-order valence-corrected chi connectivity index (χ1v) is 9.72. The van der Waals surface area contributed by atoms with Crippen LogP contribution in [0.1, 0.15) is 12.8 Å².